The fourth-order valence-electron chi connectivity index (χ4n) is 1.78. The maximum Gasteiger partial charge on any atom is 0.219 e. The van der Waals surface area contributed by atoms with Crippen molar-refractivity contribution < 1.29 is 4.74 Å². The molecule has 0 aliphatic rings. The third kappa shape index (κ3) is 4.32. The Morgan fingerprint density at radius 1 is 1.25 bits per heavy atom. The van der Waals surface area contributed by atoms with E-state index in [0.717, 1.165) is 22.3 Å². The van der Waals surface area contributed by atoms with Gasteiger partial charge in [0.25, 0.3) is 0 Å². The number of nitrogens with zero attached hydrogens (tertiary/aromatic N) is 1. The maximum atomic E-state index is 5.85. The first kappa shape index (κ1) is 15.0. The Kier molecular flexibility index (Phi) is 5.15. The molecule has 1 aromatic carbocycles. The van der Waals surface area contributed by atoms with E-state index in [0.29, 0.717) is 11.9 Å². The quantitative estimate of drug-likeness (QED) is 0.877. The molecule has 1 heterocycles. The van der Waals surface area contributed by atoms with Gasteiger partial charge in [0.2, 0.25) is 5.88 Å². The largest absolute Gasteiger partial charge is 0.439 e. The van der Waals surface area contributed by atoms with E-state index < -0.39 is 0 Å². The maximum absolute atomic E-state index is 5.85. The fraction of sp³-hybridized carbons (Fsp3) is 0.312. The standard InChI is InChI=1S/C16H19BrN2O/c1-11(2)19-10-13-6-7-18-16(9-13)20-15-5-4-14(17)8-12(15)3/h4-9,11,19H,10H2,1-3H3. The second-order valence-corrected chi connectivity index (χ2v) is 5.97. The first-order chi connectivity index (χ1) is 9.54. The van der Waals surface area contributed by atoms with E-state index in [1.54, 1.807) is 6.20 Å². The lowest BCUT2D eigenvalue weighted by Gasteiger charge is -2.11. The van der Waals surface area contributed by atoms with Crippen LogP contribution < -0.4 is 10.1 Å². The van der Waals surface area contributed by atoms with Crippen LogP contribution in [0.25, 0.3) is 0 Å². The van der Waals surface area contributed by atoms with Crippen LogP contribution in [-0.4, -0.2) is 11.0 Å². The predicted molar refractivity (Wildman–Crippen MR) is 85.2 cm³/mol. The van der Waals surface area contributed by atoms with Crippen LogP contribution in [0.15, 0.2) is 41.0 Å². The molecule has 4 heteroatoms. The number of aromatic nitrogens is 1. The van der Waals surface area contributed by atoms with E-state index in [1.165, 1.54) is 5.56 Å². The van der Waals surface area contributed by atoms with Crippen molar-refractivity contribution in [3.05, 3.63) is 52.1 Å². The Bertz CT molecular complexity index is 584. The van der Waals surface area contributed by atoms with Gasteiger partial charge in [-0.05, 0) is 42.3 Å². The van der Waals surface area contributed by atoms with Crippen LogP contribution in [0.5, 0.6) is 11.6 Å². The molecule has 0 unspecified atom stereocenters. The summed E-state index contributed by atoms with van der Waals surface area (Å²) in [5.41, 5.74) is 2.24. The van der Waals surface area contributed by atoms with E-state index in [4.69, 9.17) is 4.74 Å². The van der Waals surface area contributed by atoms with E-state index in [-0.39, 0.29) is 0 Å². The second kappa shape index (κ2) is 6.86. The molecule has 106 valence electrons. The summed E-state index contributed by atoms with van der Waals surface area (Å²) in [4.78, 5) is 4.26. The number of nitrogens with one attached hydrogen (secondary N) is 1. The molecule has 0 aliphatic carbocycles. The summed E-state index contributed by atoms with van der Waals surface area (Å²) in [6, 6.07) is 10.4. The lowest BCUT2D eigenvalue weighted by Crippen LogP contribution is -2.21. The smallest absolute Gasteiger partial charge is 0.219 e. The Morgan fingerprint density at radius 3 is 2.75 bits per heavy atom. The average molecular weight is 335 g/mol. The van der Waals surface area contributed by atoms with Crippen molar-refractivity contribution in [2.75, 3.05) is 0 Å². The van der Waals surface area contributed by atoms with Gasteiger partial charge in [-0.2, -0.15) is 0 Å². The van der Waals surface area contributed by atoms with Crippen LogP contribution in [0.2, 0.25) is 0 Å². The van der Waals surface area contributed by atoms with Crippen molar-refractivity contribution in [1.82, 2.24) is 10.3 Å². The zero-order valence-corrected chi connectivity index (χ0v) is 13.6. The average Bonchev–Trinajstić information content (AvgIpc) is 2.40. The molecule has 20 heavy (non-hydrogen) atoms. The van der Waals surface area contributed by atoms with E-state index in [1.807, 2.05) is 37.3 Å². The van der Waals surface area contributed by atoms with Gasteiger partial charge in [-0.3, -0.25) is 0 Å². The SMILES string of the molecule is Cc1cc(Br)ccc1Oc1cc(CNC(C)C)ccn1. The molecule has 0 saturated carbocycles. The predicted octanol–water partition coefficient (Wildman–Crippen LogP) is 4.44. The number of pyridine rings is 1. The van der Waals surface area contributed by atoms with E-state index >= 15 is 0 Å². The van der Waals surface area contributed by atoms with Gasteiger partial charge in [0.05, 0.1) is 0 Å². The number of hydrogen-bond donors (Lipinski definition) is 1. The van der Waals surface area contributed by atoms with Gasteiger partial charge in [-0.25, -0.2) is 4.98 Å². The van der Waals surface area contributed by atoms with Crippen molar-refractivity contribution >= 4 is 15.9 Å². The van der Waals surface area contributed by atoms with Gasteiger partial charge in [0.15, 0.2) is 0 Å². The topological polar surface area (TPSA) is 34.1 Å². The molecule has 0 spiro atoms. The van der Waals surface area contributed by atoms with Crippen LogP contribution >= 0.6 is 15.9 Å². The zero-order valence-electron chi connectivity index (χ0n) is 12.0. The molecule has 0 amide bonds. The van der Waals surface area contributed by atoms with Gasteiger partial charge in [-0.15, -0.1) is 0 Å². The van der Waals surface area contributed by atoms with Crippen molar-refractivity contribution in [3.63, 3.8) is 0 Å². The highest BCUT2D eigenvalue weighted by atomic mass is 79.9. The minimum Gasteiger partial charge on any atom is -0.439 e. The lowest BCUT2D eigenvalue weighted by molar-refractivity contribution is 0.457. The van der Waals surface area contributed by atoms with Crippen molar-refractivity contribution in [1.29, 1.82) is 0 Å². The van der Waals surface area contributed by atoms with Crippen LogP contribution in [0, 0.1) is 6.92 Å². The molecule has 1 N–H and O–H groups in total. The van der Waals surface area contributed by atoms with Crippen LogP contribution in [-0.2, 0) is 6.54 Å². The Labute approximate surface area is 128 Å². The summed E-state index contributed by atoms with van der Waals surface area (Å²) in [5.74, 6) is 1.45. The van der Waals surface area contributed by atoms with Crippen molar-refractivity contribution in [2.45, 2.75) is 33.4 Å². The van der Waals surface area contributed by atoms with Crippen molar-refractivity contribution in [3.8, 4) is 11.6 Å². The van der Waals surface area contributed by atoms with Crippen LogP contribution in [0.1, 0.15) is 25.0 Å². The van der Waals surface area contributed by atoms with Gasteiger partial charge in [0, 0.05) is 29.3 Å². The molecule has 0 atom stereocenters. The van der Waals surface area contributed by atoms with Gasteiger partial charge in [-0.1, -0.05) is 29.8 Å². The minimum atomic E-state index is 0.459. The molecule has 0 bridgehead atoms. The van der Waals surface area contributed by atoms with E-state index in [9.17, 15) is 0 Å². The molecule has 2 aromatic rings. The number of benzene rings is 1. The van der Waals surface area contributed by atoms with Gasteiger partial charge >= 0.3 is 0 Å². The molecule has 3 nitrogen and oxygen atoms in total. The first-order valence-corrected chi connectivity index (χ1v) is 7.46. The second-order valence-electron chi connectivity index (χ2n) is 5.05. The highest BCUT2D eigenvalue weighted by Crippen LogP contribution is 2.26. The number of ether oxygens (including phenoxy) is 1. The molecule has 0 saturated heterocycles. The Balaban J connectivity index is 2.11. The molecular formula is C16H19BrN2O. The molecule has 0 aliphatic heterocycles. The number of hydrogen-bond acceptors (Lipinski definition) is 3. The third-order valence-corrected chi connectivity index (χ3v) is 3.36. The molecule has 0 radical (unpaired) electrons. The van der Waals surface area contributed by atoms with Crippen LogP contribution in [0.3, 0.4) is 0 Å². The van der Waals surface area contributed by atoms with Crippen LogP contribution in [0.4, 0.5) is 0 Å². The van der Waals surface area contributed by atoms with E-state index in [2.05, 4.69) is 40.1 Å². The number of halogens is 1. The minimum absolute atomic E-state index is 0.459. The first-order valence-electron chi connectivity index (χ1n) is 6.67. The number of aryl methyl sites for hydroxylation is 1. The summed E-state index contributed by atoms with van der Waals surface area (Å²) in [6.07, 6.45) is 1.78. The fourth-order valence-corrected chi connectivity index (χ4v) is 2.25. The normalized spacial score (nSPS) is 10.8. The molecular weight excluding hydrogens is 316 g/mol. The summed E-state index contributed by atoms with van der Waals surface area (Å²) in [7, 11) is 0. The summed E-state index contributed by atoms with van der Waals surface area (Å²) < 4.78 is 6.90. The number of rotatable bonds is 5. The zero-order chi connectivity index (χ0) is 14.5. The highest BCUT2D eigenvalue weighted by molar-refractivity contribution is 9.10. The Hall–Kier alpha value is -1.39. The Morgan fingerprint density at radius 2 is 2.05 bits per heavy atom. The monoisotopic (exact) mass is 334 g/mol. The van der Waals surface area contributed by atoms with Gasteiger partial charge in [0.1, 0.15) is 5.75 Å². The lowest BCUT2D eigenvalue weighted by atomic mass is 10.2. The summed E-state index contributed by atoms with van der Waals surface area (Å²) in [6.45, 7) is 7.09. The van der Waals surface area contributed by atoms with Gasteiger partial charge < -0.3 is 10.1 Å². The molecule has 0 fully saturated rings. The third-order valence-electron chi connectivity index (χ3n) is 2.87. The highest BCUT2D eigenvalue weighted by Gasteiger charge is 2.04. The van der Waals surface area contributed by atoms with Crippen molar-refractivity contribution in [2.24, 2.45) is 0 Å². The summed E-state index contributed by atoms with van der Waals surface area (Å²) in [5, 5.41) is 3.38. The summed E-state index contributed by atoms with van der Waals surface area (Å²) >= 11 is 3.45. The molecule has 2 rings (SSSR count). The molecule has 1 aromatic heterocycles.